The van der Waals surface area contributed by atoms with Crippen molar-refractivity contribution in [2.75, 3.05) is 11.1 Å². The average molecular weight is 558 g/mol. The molecule has 2 heterocycles. The third kappa shape index (κ3) is 6.08. The summed E-state index contributed by atoms with van der Waals surface area (Å²) >= 11 is 5.09. The van der Waals surface area contributed by atoms with E-state index < -0.39 is 6.04 Å². The number of thioether (sulfide) groups is 1. The summed E-state index contributed by atoms with van der Waals surface area (Å²) in [6.45, 7) is 8.14. The fraction of sp³-hybridized carbons (Fsp3) is 0.346. The molecule has 1 aliphatic heterocycles. The lowest BCUT2D eigenvalue weighted by atomic mass is 9.95. The fourth-order valence-electron chi connectivity index (χ4n) is 3.78. The molecule has 9 heteroatoms. The Hall–Kier alpha value is -2.78. The monoisotopic (exact) mass is 556 g/mol. The van der Waals surface area contributed by atoms with E-state index in [4.69, 9.17) is 14.6 Å². The van der Waals surface area contributed by atoms with Gasteiger partial charge in [0.1, 0.15) is 18.4 Å². The summed E-state index contributed by atoms with van der Waals surface area (Å²) < 4.78 is 14.4. The molecule has 1 atom stereocenters. The Morgan fingerprint density at radius 2 is 2.00 bits per heavy atom. The number of esters is 1. The number of rotatable bonds is 9. The Morgan fingerprint density at radius 1 is 1.23 bits per heavy atom. The Labute approximate surface area is 218 Å². The number of carbonyl (C=O) groups is 1. The van der Waals surface area contributed by atoms with E-state index in [2.05, 4.69) is 33.2 Å². The van der Waals surface area contributed by atoms with Crippen molar-refractivity contribution in [2.45, 2.75) is 58.0 Å². The number of aromatic nitrogens is 3. The molecular weight excluding hydrogens is 528 g/mol. The van der Waals surface area contributed by atoms with Crippen LogP contribution in [0.2, 0.25) is 0 Å². The summed E-state index contributed by atoms with van der Waals surface area (Å²) in [7, 11) is 0. The van der Waals surface area contributed by atoms with Gasteiger partial charge in [-0.1, -0.05) is 58.9 Å². The molecule has 0 fully saturated rings. The minimum absolute atomic E-state index is 0.231. The second-order valence-corrected chi connectivity index (χ2v) is 10.5. The van der Waals surface area contributed by atoms with Crippen molar-refractivity contribution in [1.82, 2.24) is 14.8 Å². The van der Waals surface area contributed by atoms with E-state index >= 15 is 0 Å². The number of hydrogen-bond acceptors (Lipinski definition) is 7. The van der Waals surface area contributed by atoms with Crippen molar-refractivity contribution in [3.8, 4) is 5.75 Å². The molecule has 0 bridgehead atoms. The third-order valence-electron chi connectivity index (χ3n) is 5.32. The third-order valence-corrected chi connectivity index (χ3v) is 6.86. The van der Waals surface area contributed by atoms with Crippen LogP contribution in [0.15, 0.2) is 69.4 Å². The number of benzene rings is 2. The van der Waals surface area contributed by atoms with Gasteiger partial charge in [-0.15, -0.1) is 5.10 Å². The fourth-order valence-corrected chi connectivity index (χ4v) is 4.91. The number of nitrogens with zero attached hydrogens (tertiary/aromatic N) is 3. The summed E-state index contributed by atoms with van der Waals surface area (Å²) in [5.41, 5.74) is 3.20. The minimum Gasteiger partial charge on any atom is -0.489 e. The molecule has 7 nitrogen and oxygen atoms in total. The maximum Gasteiger partial charge on any atom is 0.338 e. The molecule has 1 unspecified atom stereocenters. The van der Waals surface area contributed by atoms with Gasteiger partial charge in [-0.2, -0.15) is 4.98 Å². The number of carbonyl (C=O) groups excluding carboxylic acids is 1. The van der Waals surface area contributed by atoms with Crippen molar-refractivity contribution in [1.29, 1.82) is 0 Å². The predicted octanol–water partition coefficient (Wildman–Crippen LogP) is 6.36. The zero-order chi connectivity index (χ0) is 24.9. The first kappa shape index (κ1) is 25.3. The van der Waals surface area contributed by atoms with Gasteiger partial charge in [0, 0.05) is 15.9 Å². The second-order valence-electron chi connectivity index (χ2n) is 8.52. The van der Waals surface area contributed by atoms with Crippen LogP contribution in [-0.4, -0.2) is 32.6 Å². The Kier molecular flexibility index (Phi) is 8.18. The SMILES string of the molecule is CCCSc1nc2n(n1)C(c1ccc(OCc3cccc(Br)c3)cc1)C(C(=O)OC(C)C)=C(C)N2. The van der Waals surface area contributed by atoms with Gasteiger partial charge in [0.2, 0.25) is 11.1 Å². The molecule has 0 saturated heterocycles. The maximum atomic E-state index is 13.1. The molecule has 0 spiro atoms. The quantitative estimate of drug-likeness (QED) is 0.242. The molecule has 0 amide bonds. The van der Waals surface area contributed by atoms with E-state index in [0.29, 0.717) is 29.0 Å². The summed E-state index contributed by atoms with van der Waals surface area (Å²) in [5.74, 6) is 1.91. The molecule has 0 aliphatic carbocycles. The van der Waals surface area contributed by atoms with E-state index in [-0.39, 0.29) is 12.1 Å². The molecule has 2 aromatic carbocycles. The van der Waals surface area contributed by atoms with Gasteiger partial charge in [0.15, 0.2) is 0 Å². The molecule has 1 N–H and O–H groups in total. The highest BCUT2D eigenvalue weighted by molar-refractivity contribution is 9.10. The van der Waals surface area contributed by atoms with Crippen LogP contribution >= 0.6 is 27.7 Å². The first-order valence-corrected chi connectivity index (χ1v) is 13.4. The maximum absolute atomic E-state index is 13.1. The van der Waals surface area contributed by atoms with Crippen LogP contribution in [0.5, 0.6) is 5.75 Å². The summed E-state index contributed by atoms with van der Waals surface area (Å²) in [6, 6.07) is 15.3. The molecule has 1 aromatic heterocycles. The van der Waals surface area contributed by atoms with E-state index in [1.54, 1.807) is 16.4 Å². The second kappa shape index (κ2) is 11.3. The standard InChI is InChI=1S/C26H29BrN4O3S/c1-5-13-35-26-29-25-28-17(4)22(24(32)34-16(2)3)23(31(25)30-26)19-9-11-21(12-10-19)33-15-18-7-6-8-20(27)14-18/h6-12,14,16,23H,5,13,15H2,1-4H3,(H,28,29,30). The van der Waals surface area contributed by atoms with Gasteiger partial charge in [-0.3, -0.25) is 0 Å². The van der Waals surface area contributed by atoms with Crippen molar-refractivity contribution in [3.05, 3.63) is 75.4 Å². The smallest absolute Gasteiger partial charge is 0.338 e. The molecule has 1 aliphatic rings. The number of allylic oxidation sites excluding steroid dienone is 1. The summed E-state index contributed by atoms with van der Waals surface area (Å²) in [4.78, 5) is 17.8. The molecule has 4 rings (SSSR count). The normalized spacial score (nSPS) is 15.1. The zero-order valence-electron chi connectivity index (χ0n) is 20.2. The average Bonchev–Trinajstić information content (AvgIpc) is 3.22. The van der Waals surface area contributed by atoms with Crippen molar-refractivity contribution in [3.63, 3.8) is 0 Å². The van der Waals surface area contributed by atoms with Crippen LogP contribution in [0.1, 0.15) is 51.3 Å². The van der Waals surface area contributed by atoms with Crippen LogP contribution in [-0.2, 0) is 16.1 Å². The van der Waals surface area contributed by atoms with Crippen LogP contribution in [0.4, 0.5) is 5.95 Å². The topological polar surface area (TPSA) is 78.3 Å². The Balaban J connectivity index is 1.63. The molecule has 0 radical (unpaired) electrons. The largest absolute Gasteiger partial charge is 0.489 e. The van der Waals surface area contributed by atoms with Crippen LogP contribution < -0.4 is 10.1 Å². The number of anilines is 1. The van der Waals surface area contributed by atoms with Crippen molar-refractivity contribution in [2.24, 2.45) is 0 Å². The molecule has 184 valence electrons. The number of hydrogen-bond donors (Lipinski definition) is 1. The van der Waals surface area contributed by atoms with Gasteiger partial charge >= 0.3 is 5.97 Å². The minimum atomic E-state index is -0.458. The molecule has 3 aromatic rings. The van der Waals surface area contributed by atoms with Gasteiger partial charge in [0.25, 0.3) is 0 Å². The lowest BCUT2D eigenvalue weighted by Gasteiger charge is -2.28. The number of nitrogens with one attached hydrogen (secondary N) is 1. The highest BCUT2D eigenvalue weighted by Crippen LogP contribution is 2.37. The highest BCUT2D eigenvalue weighted by Gasteiger charge is 2.35. The van der Waals surface area contributed by atoms with Gasteiger partial charge in [0.05, 0.1) is 11.7 Å². The van der Waals surface area contributed by atoms with Crippen LogP contribution in [0.25, 0.3) is 0 Å². The van der Waals surface area contributed by atoms with Crippen molar-refractivity contribution >= 4 is 39.6 Å². The molecule has 35 heavy (non-hydrogen) atoms. The zero-order valence-corrected chi connectivity index (χ0v) is 22.6. The molecule has 0 saturated carbocycles. The lowest BCUT2D eigenvalue weighted by Crippen LogP contribution is -2.30. The Bertz CT molecular complexity index is 1220. The van der Waals surface area contributed by atoms with E-state index in [9.17, 15) is 4.79 Å². The summed E-state index contributed by atoms with van der Waals surface area (Å²) in [5, 5.41) is 8.65. The van der Waals surface area contributed by atoms with Gasteiger partial charge in [-0.25, -0.2) is 9.48 Å². The summed E-state index contributed by atoms with van der Waals surface area (Å²) in [6.07, 6.45) is 0.792. The van der Waals surface area contributed by atoms with E-state index in [1.165, 1.54) is 0 Å². The first-order valence-electron chi connectivity index (χ1n) is 11.6. The van der Waals surface area contributed by atoms with E-state index in [1.807, 2.05) is 69.3 Å². The van der Waals surface area contributed by atoms with Crippen LogP contribution in [0, 0.1) is 0 Å². The lowest BCUT2D eigenvalue weighted by molar-refractivity contribution is -0.143. The van der Waals surface area contributed by atoms with Gasteiger partial charge in [-0.05, 0) is 62.6 Å². The number of halogens is 1. The van der Waals surface area contributed by atoms with Crippen molar-refractivity contribution < 1.29 is 14.3 Å². The predicted molar refractivity (Wildman–Crippen MR) is 142 cm³/mol. The van der Waals surface area contributed by atoms with Gasteiger partial charge < -0.3 is 14.8 Å². The number of fused-ring (bicyclic) bond motifs is 1. The molecular formula is C26H29BrN4O3S. The number of ether oxygens (including phenoxy) is 2. The van der Waals surface area contributed by atoms with E-state index in [0.717, 1.165) is 33.5 Å². The van der Waals surface area contributed by atoms with Crippen LogP contribution in [0.3, 0.4) is 0 Å². The highest BCUT2D eigenvalue weighted by atomic mass is 79.9. The first-order chi connectivity index (χ1) is 16.9. The Morgan fingerprint density at radius 3 is 2.69 bits per heavy atom.